The second kappa shape index (κ2) is 8.30. The van der Waals surface area contributed by atoms with Crippen LogP contribution in [0.2, 0.25) is 0 Å². The van der Waals surface area contributed by atoms with Gasteiger partial charge in [0.1, 0.15) is 17.0 Å². The molecule has 31 heavy (non-hydrogen) atoms. The quantitative estimate of drug-likeness (QED) is 0.644. The largest absolute Gasteiger partial charge is 0.491 e. The molecule has 0 aliphatic carbocycles. The van der Waals surface area contributed by atoms with Crippen LogP contribution in [0.25, 0.3) is 20.7 Å². The van der Waals surface area contributed by atoms with E-state index in [1.807, 2.05) is 31.7 Å². The Morgan fingerprint density at radius 1 is 1.19 bits per heavy atom. The second-order valence-corrected chi connectivity index (χ2v) is 9.65. The van der Waals surface area contributed by atoms with Gasteiger partial charge in [0.2, 0.25) is 5.91 Å². The summed E-state index contributed by atoms with van der Waals surface area (Å²) < 4.78 is 10.6. The predicted octanol–water partition coefficient (Wildman–Crippen LogP) is 3.83. The fraction of sp³-hybridized carbons (Fsp3) is 0.455. The van der Waals surface area contributed by atoms with Crippen LogP contribution in [-0.2, 0) is 4.79 Å². The fourth-order valence-corrected chi connectivity index (χ4v) is 4.69. The number of thiophene rings is 1. The standard InChI is InChI=1S/C22H27N5O3S/c1-22(2,3)21(28)27-7-6-14(11-27)26-18-15-9-17(31-20(15)25-12-24-18)13-8-16(29-4)19(30-5)23-10-13/h8-10,12,14H,6-7,11H2,1-5H3,(H,24,25,26)/t14-/m0/s1. The number of nitrogens with one attached hydrogen (secondary N) is 1. The van der Waals surface area contributed by atoms with Gasteiger partial charge in [-0.25, -0.2) is 15.0 Å². The number of anilines is 1. The normalized spacial score (nSPS) is 16.5. The monoisotopic (exact) mass is 441 g/mol. The van der Waals surface area contributed by atoms with Crippen LogP contribution in [0.3, 0.4) is 0 Å². The minimum atomic E-state index is -0.368. The van der Waals surface area contributed by atoms with Crippen molar-refractivity contribution in [3.8, 4) is 22.1 Å². The topological polar surface area (TPSA) is 89.5 Å². The summed E-state index contributed by atoms with van der Waals surface area (Å²) in [5.41, 5.74) is 0.557. The molecule has 1 saturated heterocycles. The molecule has 3 aromatic heterocycles. The molecule has 164 valence electrons. The number of carbonyl (C=O) groups is 1. The lowest BCUT2D eigenvalue weighted by molar-refractivity contribution is -0.138. The van der Waals surface area contributed by atoms with Gasteiger partial charge in [-0.2, -0.15) is 0 Å². The van der Waals surface area contributed by atoms with Crippen molar-refractivity contribution in [1.82, 2.24) is 19.9 Å². The van der Waals surface area contributed by atoms with Gasteiger partial charge in [0.05, 0.1) is 19.6 Å². The molecule has 0 spiro atoms. The number of likely N-dealkylation sites (tertiary alicyclic amines) is 1. The minimum absolute atomic E-state index is 0.162. The maximum atomic E-state index is 12.6. The van der Waals surface area contributed by atoms with Crippen LogP contribution in [0.15, 0.2) is 24.7 Å². The first-order chi connectivity index (χ1) is 14.8. The lowest BCUT2D eigenvalue weighted by Crippen LogP contribution is -2.39. The van der Waals surface area contributed by atoms with Crippen molar-refractivity contribution in [3.05, 3.63) is 24.7 Å². The molecular weight excluding hydrogens is 414 g/mol. The van der Waals surface area contributed by atoms with Crippen LogP contribution >= 0.6 is 11.3 Å². The molecule has 1 aliphatic heterocycles. The van der Waals surface area contributed by atoms with E-state index in [1.165, 1.54) is 0 Å². The van der Waals surface area contributed by atoms with Crippen molar-refractivity contribution in [2.75, 3.05) is 32.6 Å². The smallest absolute Gasteiger partial charge is 0.256 e. The van der Waals surface area contributed by atoms with E-state index in [0.29, 0.717) is 18.2 Å². The zero-order chi connectivity index (χ0) is 22.2. The molecule has 1 fully saturated rings. The molecule has 0 saturated carbocycles. The second-order valence-electron chi connectivity index (χ2n) is 8.62. The molecule has 8 nitrogen and oxygen atoms in total. The van der Waals surface area contributed by atoms with E-state index in [-0.39, 0.29) is 17.4 Å². The van der Waals surface area contributed by atoms with Crippen molar-refractivity contribution in [3.63, 3.8) is 0 Å². The molecule has 9 heteroatoms. The lowest BCUT2D eigenvalue weighted by atomic mass is 9.95. The Bertz CT molecular complexity index is 1110. The van der Waals surface area contributed by atoms with Crippen molar-refractivity contribution < 1.29 is 14.3 Å². The number of amides is 1. The molecule has 4 rings (SSSR count). The van der Waals surface area contributed by atoms with E-state index < -0.39 is 0 Å². The van der Waals surface area contributed by atoms with Crippen LogP contribution in [0, 0.1) is 5.41 Å². The third-order valence-corrected chi connectivity index (χ3v) is 6.40. The number of fused-ring (bicyclic) bond motifs is 1. The Hall–Kier alpha value is -2.94. The number of methoxy groups -OCH3 is 2. The van der Waals surface area contributed by atoms with Crippen molar-refractivity contribution in [2.24, 2.45) is 5.41 Å². The summed E-state index contributed by atoms with van der Waals surface area (Å²) in [6, 6.07) is 4.14. The highest BCUT2D eigenvalue weighted by Gasteiger charge is 2.33. The van der Waals surface area contributed by atoms with Crippen molar-refractivity contribution >= 4 is 33.3 Å². The molecule has 0 radical (unpaired) electrons. The SMILES string of the molecule is COc1cc(-c2cc3c(N[C@H]4CCN(C(=O)C(C)(C)C)C4)ncnc3s2)cnc1OC. The maximum Gasteiger partial charge on any atom is 0.256 e. The molecule has 0 unspecified atom stereocenters. The van der Waals surface area contributed by atoms with Gasteiger partial charge in [0.15, 0.2) is 5.75 Å². The summed E-state index contributed by atoms with van der Waals surface area (Å²) in [5, 5.41) is 4.48. The molecule has 1 N–H and O–H groups in total. The van der Waals surface area contributed by atoms with Gasteiger partial charge in [-0.05, 0) is 18.6 Å². The van der Waals surface area contributed by atoms with Gasteiger partial charge < -0.3 is 19.7 Å². The zero-order valence-electron chi connectivity index (χ0n) is 18.4. The van der Waals surface area contributed by atoms with Gasteiger partial charge in [0.25, 0.3) is 5.88 Å². The summed E-state index contributed by atoms with van der Waals surface area (Å²) in [5.74, 6) is 2.00. The van der Waals surface area contributed by atoms with E-state index in [1.54, 1.807) is 38.1 Å². The summed E-state index contributed by atoms with van der Waals surface area (Å²) in [7, 11) is 3.16. The molecule has 3 aromatic rings. The van der Waals surface area contributed by atoms with Gasteiger partial charge >= 0.3 is 0 Å². The summed E-state index contributed by atoms with van der Waals surface area (Å²) >= 11 is 1.57. The van der Waals surface area contributed by atoms with Crippen LogP contribution in [0.1, 0.15) is 27.2 Å². The number of nitrogens with zero attached hydrogens (tertiary/aromatic N) is 4. The van der Waals surface area contributed by atoms with Crippen LogP contribution in [-0.4, -0.2) is 59.1 Å². The molecule has 0 aromatic carbocycles. The molecular formula is C22H27N5O3S. The number of ether oxygens (including phenoxy) is 2. The van der Waals surface area contributed by atoms with Gasteiger partial charge in [-0.1, -0.05) is 20.8 Å². The Morgan fingerprint density at radius 3 is 2.71 bits per heavy atom. The number of pyridine rings is 1. The molecule has 1 aliphatic rings. The average Bonchev–Trinajstić information content (AvgIpc) is 3.39. The summed E-state index contributed by atoms with van der Waals surface area (Å²) in [4.78, 5) is 29.7. The number of rotatable bonds is 5. The van der Waals surface area contributed by atoms with Crippen LogP contribution in [0.5, 0.6) is 11.6 Å². The maximum absolute atomic E-state index is 12.6. The number of aromatic nitrogens is 3. The van der Waals surface area contributed by atoms with Gasteiger partial charge in [0, 0.05) is 41.2 Å². The van der Waals surface area contributed by atoms with Crippen LogP contribution in [0.4, 0.5) is 5.82 Å². The highest BCUT2D eigenvalue weighted by Crippen LogP contribution is 2.38. The Kier molecular flexibility index (Phi) is 5.70. The van der Waals surface area contributed by atoms with Crippen molar-refractivity contribution in [1.29, 1.82) is 0 Å². The number of carbonyl (C=O) groups excluding carboxylic acids is 1. The minimum Gasteiger partial charge on any atom is -0.491 e. The van der Waals surface area contributed by atoms with E-state index in [0.717, 1.165) is 39.4 Å². The Balaban J connectivity index is 1.57. The van der Waals surface area contributed by atoms with E-state index in [9.17, 15) is 4.79 Å². The zero-order valence-corrected chi connectivity index (χ0v) is 19.2. The average molecular weight is 442 g/mol. The lowest BCUT2D eigenvalue weighted by Gasteiger charge is -2.25. The predicted molar refractivity (Wildman–Crippen MR) is 122 cm³/mol. The van der Waals surface area contributed by atoms with E-state index in [2.05, 4.69) is 26.3 Å². The van der Waals surface area contributed by atoms with E-state index in [4.69, 9.17) is 9.47 Å². The van der Waals surface area contributed by atoms with Crippen molar-refractivity contribution in [2.45, 2.75) is 33.2 Å². The highest BCUT2D eigenvalue weighted by molar-refractivity contribution is 7.21. The van der Waals surface area contributed by atoms with E-state index >= 15 is 0 Å². The molecule has 0 bridgehead atoms. The summed E-state index contributed by atoms with van der Waals surface area (Å²) in [6.45, 7) is 7.31. The number of hydrogen-bond donors (Lipinski definition) is 1. The highest BCUT2D eigenvalue weighted by atomic mass is 32.1. The van der Waals surface area contributed by atoms with Gasteiger partial charge in [-0.15, -0.1) is 11.3 Å². The molecule has 1 atom stereocenters. The molecule has 1 amide bonds. The third kappa shape index (κ3) is 4.27. The Morgan fingerprint density at radius 2 is 2.00 bits per heavy atom. The fourth-order valence-electron chi connectivity index (χ4n) is 3.71. The van der Waals surface area contributed by atoms with Gasteiger partial charge in [-0.3, -0.25) is 4.79 Å². The Labute approximate surface area is 185 Å². The summed E-state index contributed by atoms with van der Waals surface area (Å²) in [6.07, 6.45) is 4.23. The van der Waals surface area contributed by atoms with Crippen LogP contribution < -0.4 is 14.8 Å². The first-order valence-electron chi connectivity index (χ1n) is 10.2. The first kappa shape index (κ1) is 21.3. The third-order valence-electron chi connectivity index (χ3n) is 5.30. The molecule has 4 heterocycles. The first-order valence-corrected chi connectivity index (χ1v) is 11.0. The number of hydrogen-bond acceptors (Lipinski definition) is 8.